The summed E-state index contributed by atoms with van der Waals surface area (Å²) in [7, 11) is 0. The molecule has 1 aliphatic carbocycles. The lowest BCUT2D eigenvalue weighted by molar-refractivity contribution is 0.277. The van der Waals surface area contributed by atoms with E-state index in [1.54, 1.807) is 0 Å². The Labute approximate surface area is 113 Å². The number of hydrogen-bond donors (Lipinski definition) is 1. The molecule has 19 heavy (non-hydrogen) atoms. The SMILES string of the molecule is Cc1nn(-c2ccccc2)c(OCC2CC2)c1CN. The smallest absolute Gasteiger partial charge is 0.221 e. The van der Waals surface area contributed by atoms with Crippen LogP contribution in [0.15, 0.2) is 30.3 Å². The highest BCUT2D eigenvalue weighted by Crippen LogP contribution is 2.32. The van der Waals surface area contributed by atoms with Crippen molar-refractivity contribution in [2.45, 2.75) is 26.3 Å². The largest absolute Gasteiger partial charge is 0.477 e. The van der Waals surface area contributed by atoms with E-state index >= 15 is 0 Å². The maximum absolute atomic E-state index is 5.98. The summed E-state index contributed by atoms with van der Waals surface area (Å²) in [6.45, 7) is 3.20. The summed E-state index contributed by atoms with van der Waals surface area (Å²) >= 11 is 0. The van der Waals surface area contributed by atoms with Crippen LogP contribution in [-0.2, 0) is 6.54 Å². The molecule has 4 heteroatoms. The Hall–Kier alpha value is -1.81. The number of aryl methyl sites for hydroxylation is 1. The highest BCUT2D eigenvalue weighted by molar-refractivity contribution is 5.41. The third kappa shape index (κ3) is 2.49. The molecule has 0 bridgehead atoms. The van der Waals surface area contributed by atoms with Gasteiger partial charge in [-0.2, -0.15) is 5.10 Å². The Morgan fingerprint density at radius 2 is 2.05 bits per heavy atom. The van der Waals surface area contributed by atoms with Crippen molar-refractivity contribution in [3.05, 3.63) is 41.6 Å². The van der Waals surface area contributed by atoms with Crippen molar-refractivity contribution in [3.63, 3.8) is 0 Å². The van der Waals surface area contributed by atoms with Crippen LogP contribution in [0.25, 0.3) is 5.69 Å². The van der Waals surface area contributed by atoms with Gasteiger partial charge in [-0.1, -0.05) is 18.2 Å². The van der Waals surface area contributed by atoms with Crippen LogP contribution in [0.2, 0.25) is 0 Å². The molecule has 0 spiro atoms. The van der Waals surface area contributed by atoms with Gasteiger partial charge in [-0.3, -0.25) is 0 Å². The molecule has 0 aliphatic heterocycles. The lowest BCUT2D eigenvalue weighted by Gasteiger charge is -2.10. The van der Waals surface area contributed by atoms with E-state index in [0.29, 0.717) is 12.5 Å². The predicted molar refractivity (Wildman–Crippen MR) is 74.4 cm³/mol. The monoisotopic (exact) mass is 257 g/mol. The van der Waals surface area contributed by atoms with Crippen LogP contribution in [0.3, 0.4) is 0 Å². The normalized spacial score (nSPS) is 14.6. The maximum atomic E-state index is 5.98. The van der Waals surface area contributed by atoms with Gasteiger partial charge in [0, 0.05) is 6.54 Å². The summed E-state index contributed by atoms with van der Waals surface area (Å²) in [5.41, 5.74) is 8.79. The molecule has 1 aromatic carbocycles. The van der Waals surface area contributed by atoms with E-state index in [-0.39, 0.29) is 0 Å². The molecule has 0 radical (unpaired) electrons. The number of nitrogens with zero attached hydrogens (tertiary/aromatic N) is 2. The second-order valence-corrected chi connectivity index (χ2v) is 5.07. The first-order valence-corrected chi connectivity index (χ1v) is 6.76. The third-order valence-corrected chi connectivity index (χ3v) is 3.49. The predicted octanol–water partition coefficient (Wildman–Crippen LogP) is 2.43. The Morgan fingerprint density at radius 1 is 1.32 bits per heavy atom. The zero-order valence-electron chi connectivity index (χ0n) is 11.2. The summed E-state index contributed by atoms with van der Waals surface area (Å²) in [5.74, 6) is 1.52. The molecule has 1 aliphatic rings. The molecule has 100 valence electrons. The average Bonchev–Trinajstić information content (AvgIpc) is 3.21. The summed E-state index contributed by atoms with van der Waals surface area (Å²) in [5, 5.41) is 4.56. The summed E-state index contributed by atoms with van der Waals surface area (Å²) < 4.78 is 7.84. The first kappa shape index (κ1) is 12.2. The highest BCUT2D eigenvalue weighted by atomic mass is 16.5. The van der Waals surface area contributed by atoms with E-state index in [0.717, 1.165) is 29.4 Å². The number of rotatable bonds is 5. The van der Waals surface area contributed by atoms with E-state index < -0.39 is 0 Å². The lowest BCUT2D eigenvalue weighted by atomic mass is 10.2. The standard InChI is InChI=1S/C15H19N3O/c1-11-14(9-16)15(19-10-12-7-8-12)18(17-11)13-5-3-2-4-6-13/h2-6,12H,7-10,16H2,1H3. The fourth-order valence-electron chi connectivity index (χ4n) is 2.15. The van der Waals surface area contributed by atoms with Crippen LogP contribution < -0.4 is 10.5 Å². The first-order valence-electron chi connectivity index (χ1n) is 6.76. The molecule has 4 nitrogen and oxygen atoms in total. The van der Waals surface area contributed by atoms with Crippen molar-refractivity contribution < 1.29 is 4.74 Å². The maximum Gasteiger partial charge on any atom is 0.221 e. The van der Waals surface area contributed by atoms with Gasteiger partial charge in [-0.15, -0.1) is 0 Å². The fourth-order valence-corrected chi connectivity index (χ4v) is 2.15. The van der Waals surface area contributed by atoms with Crippen molar-refractivity contribution in [3.8, 4) is 11.6 Å². The van der Waals surface area contributed by atoms with E-state index in [4.69, 9.17) is 10.5 Å². The molecule has 0 atom stereocenters. The summed E-state index contributed by atoms with van der Waals surface area (Å²) in [6.07, 6.45) is 2.55. The van der Waals surface area contributed by atoms with Gasteiger partial charge in [0.25, 0.3) is 0 Å². The topological polar surface area (TPSA) is 53.1 Å². The van der Waals surface area contributed by atoms with Crippen molar-refractivity contribution in [2.24, 2.45) is 11.7 Å². The van der Waals surface area contributed by atoms with E-state index in [9.17, 15) is 0 Å². The average molecular weight is 257 g/mol. The molecular formula is C15H19N3O. The van der Waals surface area contributed by atoms with Crippen LogP contribution >= 0.6 is 0 Å². The summed E-state index contributed by atoms with van der Waals surface area (Å²) in [4.78, 5) is 0. The molecule has 2 aromatic rings. The fraction of sp³-hybridized carbons (Fsp3) is 0.400. The lowest BCUT2D eigenvalue weighted by Crippen LogP contribution is -2.08. The number of aromatic nitrogens is 2. The van der Waals surface area contributed by atoms with Crippen molar-refractivity contribution in [1.82, 2.24) is 9.78 Å². The molecule has 2 N–H and O–H groups in total. The van der Waals surface area contributed by atoms with Gasteiger partial charge in [0.15, 0.2) is 0 Å². The van der Waals surface area contributed by atoms with Crippen LogP contribution in [0.5, 0.6) is 5.88 Å². The first-order chi connectivity index (χ1) is 9.29. The Balaban J connectivity index is 1.97. The number of hydrogen-bond acceptors (Lipinski definition) is 3. The zero-order chi connectivity index (χ0) is 13.2. The second kappa shape index (κ2) is 5.05. The Morgan fingerprint density at radius 3 is 2.68 bits per heavy atom. The molecular weight excluding hydrogens is 238 g/mol. The van der Waals surface area contributed by atoms with Gasteiger partial charge in [0.2, 0.25) is 5.88 Å². The highest BCUT2D eigenvalue weighted by Gasteiger charge is 2.24. The zero-order valence-corrected chi connectivity index (χ0v) is 11.2. The van der Waals surface area contributed by atoms with Gasteiger partial charge in [-0.05, 0) is 37.8 Å². The minimum absolute atomic E-state index is 0.457. The van der Waals surface area contributed by atoms with Gasteiger partial charge in [-0.25, -0.2) is 4.68 Å². The van der Waals surface area contributed by atoms with Crippen molar-refractivity contribution in [2.75, 3.05) is 6.61 Å². The summed E-state index contributed by atoms with van der Waals surface area (Å²) in [6, 6.07) is 10.0. The number of para-hydroxylation sites is 1. The van der Waals surface area contributed by atoms with E-state index in [1.165, 1.54) is 12.8 Å². The number of ether oxygens (including phenoxy) is 1. The molecule has 3 rings (SSSR count). The van der Waals surface area contributed by atoms with Crippen molar-refractivity contribution in [1.29, 1.82) is 0 Å². The van der Waals surface area contributed by atoms with Gasteiger partial charge >= 0.3 is 0 Å². The minimum atomic E-state index is 0.457. The van der Waals surface area contributed by atoms with Gasteiger partial charge in [0.1, 0.15) is 0 Å². The van der Waals surface area contributed by atoms with Crippen molar-refractivity contribution >= 4 is 0 Å². The van der Waals surface area contributed by atoms with E-state index in [1.807, 2.05) is 41.9 Å². The minimum Gasteiger partial charge on any atom is -0.477 e. The Kier molecular flexibility index (Phi) is 3.25. The molecule has 1 aromatic heterocycles. The Bertz CT molecular complexity index is 558. The molecule has 0 saturated heterocycles. The quantitative estimate of drug-likeness (QED) is 0.895. The number of nitrogens with two attached hydrogens (primary N) is 1. The van der Waals surface area contributed by atoms with Crippen LogP contribution in [0.1, 0.15) is 24.1 Å². The molecule has 0 unspecified atom stereocenters. The van der Waals surface area contributed by atoms with Gasteiger partial charge < -0.3 is 10.5 Å². The van der Waals surface area contributed by atoms with Crippen LogP contribution in [-0.4, -0.2) is 16.4 Å². The van der Waals surface area contributed by atoms with Gasteiger partial charge in [0.05, 0.1) is 23.6 Å². The molecule has 0 amide bonds. The molecule has 1 heterocycles. The molecule has 1 saturated carbocycles. The van der Waals surface area contributed by atoms with Crippen LogP contribution in [0, 0.1) is 12.8 Å². The van der Waals surface area contributed by atoms with Crippen LogP contribution in [0.4, 0.5) is 0 Å². The second-order valence-electron chi connectivity index (χ2n) is 5.07. The van der Waals surface area contributed by atoms with E-state index in [2.05, 4.69) is 5.10 Å². The third-order valence-electron chi connectivity index (χ3n) is 3.49. The number of benzene rings is 1. The molecule has 1 fully saturated rings.